The summed E-state index contributed by atoms with van der Waals surface area (Å²) in [5.74, 6) is -3.09. The summed E-state index contributed by atoms with van der Waals surface area (Å²) in [7, 11) is 0. The third-order valence-electron chi connectivity index (χ3n) is 4.85. The third-order valence-corrected chi connectivity index (χ3v) is 5.58. The van der Waals surface area contributed by atoms with Crippen molar-refractivity contribution in [3.63, 3.8) is 0 Å². The van der Waals surface area contributed by atoms with E-state index in [1.165, 1.54) is 11.6 Å². The number of pyridine rings is 1. The fraction of sp³-hybridized carbons (Fsp3) is 0.474. The second-order valence-corrected chi connectivity index (χ2v) is 7.61. The van der Waals surface area contributed by atoms with Crippen LogP contribution in [0.3, 0.4) is 0 Å². The van der Waals surface area contributed by atoms with Crippen LogP contribution in [-0.4, -0.2) is 58.5 Å². The number of morpholine rings is 1. The summed E-state index contributed by atoms with van der Waals surface area (Å²) in [6, 6.07) is 5.44. The zero-order valence-electron chi connectivity index (χ0n) is 15.7. The van der Waals surface area contributed by atoms with Gasteiger partial charge in [0.1, 0.15) is 12.2 Å². The first-order chi connectivity index (χ1) is 14.3. The molecule has 164 valence electrons. The molecule has 30 heavy (non-hydrogen) atoms. The van der Waals surface area contributed by atoms with E-state index >= 15 is 0 Å². The lowest BCUT2D eigenvalue weighted by molar-refractivity contribution is -0.192. The Morgan fingerprint density at radius 3 is 2.77 bits per heavy atom. The molecule has 2 aromatic heterocycles. The number of hydrogen-bond acceptors (Lipinski definition) is 6. The highest BCUT2D eigenvalue weighted by Gasteiger charge is 2.44. The van der Waals surface area contributed by atoms with Crippen LogP contribution in [0.1, 0.15) is 18.4 Å². The van der Waals surface area contributed by atoms with Crippen molar-refractivity contribution in [2.24, 2.45) is 0 Å². The lowest BCUT2D eigenvalue weighted by Crippen LogP contribution is -2.51. The molecular formula is C19H20F4N2O4S. The van der Waals surface area contributed by atoms with Gasteiger partial charge in [0.25, 0.3) is 5.88 Å². The normalized spacial score (nSPS) is 23.9. The number of aliphatic carboxylic acids is 1. The number of nitrogens with zero attached hydrogens (tertiary/aromatic N) is 2. The highest BCUT2D eigenvalue weighted by Crippen LogP contribution is 2.34. The molecule has 0 bridgehead atoms. The average Bonchev–Trinajstić information content (AvgIpc) is 3.34. The van der Waals surface area contributed by atoms with Crippen LogP contribution >= 0.6 is 11.3 Å². The fourth-order valence-electron chi connectivity index (χ4n) is 3.53. The van der Waals surface area contributed by atoms with Gasteiger partial charge in [0.15, 0.2) is 5.82 Å². The minimum Gasteiger partial charge on any atom is -0.475 e. The van der Waals surface area contributed by atoms with Gasteiger partial charge in [0, 0.05) is 25.3 Å². The Morgan fingerprint density at radius 1 is 1.37 bits per heavy atom. The van der Waals surface area contributed by atoms with Crippen molar-refractivity contribution in [3.8, 4) is 5.88 Å². The highest BCUT2D eigenvalue weighted by atomic mass is 32.1. The van der Waals surface area contributed by atoms with Crippen molar-refractivity contribution in [2.75, 3.05) is 13.2 Å². The number of ether oxygens (including phenoxy) is 2. The Morgan fingerprint density at radius 2 is 2.13 bits per heavy atom. The Labute approximate surface area is 174 Å². The van der Waals surface area contributed by atoms with Gasteiger partial charge < -0.3 is 14.6 Å². The van der Waals surface area contributed by atoms with Crippen molar-refractivity contribution in [2.45, 2.75) is 43.8 Å². The molecule has 0 unspecified atom stereocenters. The molecule has 2 fully saturated rings. The van der Waals surface area contributed by atoms with Crippen LogP contribution < -0.4 is 4.74 Å². The molecule has 0 amide bonds. The Bertz CT molecular complexity index is 834. The minimum absolute atomic E-state index is 0.0104. The van der Waals surface area contributed by atoms with Gasteiger partial charge in [-0.15, -0.1) is 0 Å². The third kappa shape index (κ3) is 5.67. The maximum atomic E-state index is 13.8. The molecule has 3 heterocycles. The summed E-state index contributed by atoms with van der Waals surface area (Å²) in [5.41, 5.74) is 1.34. The molecule has 1 aliphatic carbocycles. The van der Waals surface area contributed by atoms with Crippen LogP contribution in [0.4, 0.5) is 17.6 Å². The number of carbonyl (C=O) groups is 1. The lowest BCUT2D eigenvalue weighted by atomic mass is 10.1. The predicted molar refractivity (Wildman–Crippen MR) is 99.8 cm³/mol. The zero-order chi connectivity index (χ0) is 21.7. The molecule has 11 heteroatoms. The first-order valence-corrected chi connectivity index (χ1v) is 10.1. The van der Waals surface area contributed by atoms with Crippen LogP contribution in [0.15, 0.2) is 35.2 Å². The summed E-state index contributed by atoms with van der Waals surface area (Å²) in [6.45, 7) is 2.57. The SMILES string of the molecule is Fc1cccnc1O[C@@H]1CC[C@H]2[C@H]1OCCN2Cc1ccsc1.O=C(O)C(F)(F)F. The van der Waals surface area contributed by atoms with Crippen LogP contribution in [-0.2, 0) is 16.1 Å². The quantitative estimate of drug-likeness (QED) is 0.719. The van der Waals surface area contributed by atoms with Crippen LogP contribution in [0.2, 0.25) is 0 Å². The van der Waals surface area contributed by atoms with E-state index in [0.717, 1.165) is 25.9 Å². The molecule has 0 spiro atoms. The molecule has 1 saturated carbocycles. The number of halogens is 4. The average molecular weight is 448 g/mol. The van der Waals surface area contributed by atoms with E-state index in [-0.39, 0.29) is 18.1 Å². The topological polar surface area (TPSA) is 71.9 Å². The smallest absolute Gasteiger partial charge is 0.475 e. The van der Waals surface area contributed by atoms with Gasteiger partial charge >= 0.3 is 12.1 Å². The van der Waals surface area contributed by atoms with Gasteiger partial charge in [0.2, 0.25) is 0 Å². The summed E-state index contributed by atoms with van der Waals surface area (Å²) in [6.07, 6.45) is -1.80. The second-order valence-electron chi connectivity index (χ2n) is 6.83. The minimum atomic E-state index is -5.08. The highest BCUT2D eigenvalue weighted by molar-refractivity contribution is 7.07. The van der Waals surface area contributed by atoms with E-state index in [9.17, 15) is 17.6 Å². The number of hydrogen-bond donors (Lipinski definition) is 1. The van der Waals surface area contributed by atoms with Crippen LogP contribution in [0.5, 0.6) is 5.88 Å². The van der Waals surface area contributed by atoms with Gasteiger partial charge in [-0.25, -0.2) is 14.2 Å². The summed E-state index contributed by atoms with van der Waals surface area (Å²) in [4.78, 5) is 15.4. The Hall–Kier alpha value is -2.24. The molecule has 2 aliphatic rings. The molecule has 2 aromatic rings. The number of carboxylic acid groups (broad SMARTS) is 1. The van der Waals surface area contributed by atoms with E-state index in [1.807, 2.05) is 0 Å². The van der Waals surface area contributed by atoms with Crippen molar-refractivity contribution in [1.82, 2.24) is 9.88 Å². The fourth-order valence-corrected chi connectivity index (χ4v) is 4.19. The molecule has 0 radical (unpaired) electrons. The van der Waals surface area contributed by atoms with E-state index in [0.29, 0.717) is 12.6 Å². The molecule has 6 nitrogen and oxygen atoms in total. The number of alkyl halides is 3. The summed E-state index contributed by atoms with van der Waals surface area (Å²) < 4.78 is 57.3. The Balaban J connectivity index is 0.000000318. The van der Waals surface area contributed by atoms with Crippen molar-refractivity contribution in [3.05, 3.63) is 46.5 Å². The van der Waals surface area contributed by atoms with E-state index < -0.39 is 18.0 Å². The van der Waals surface area contributed by atoms with Crippen molar-refractivity contribution >= 4 is 17.3 Å². The molecule has 4 rings (SSSR count). The second kappa shape index (κ2) is 9.71. The maximum Gasteiger partial charge on any atom is 0.490 e. The molecule has 1 saturated heterocycles. The molecular weight excluding hydrogens is 428 g/mol. The van der Waals surface area contributed by atoms with E-state index in [1.54, 1.807) is 23.6 Å². The molecule has 3 atom stereocenters. The van der Waals surface area contributed by atoms with Crippen LogP contribution in [0, 0.1) is 5.82 Å². The number of aromatic nitrogens is 1. The van der Waals surface area contributed by atoms with Gasteiger partial charge in [-0.2, -0.15) is 24.5 Å². The van der Waals surface area contributed by atoms with Gasteiger partial charge in [0.05, 0.1) is 6.61 Å². The number of carboxylic acids is 1. The van der Waals surface area contributed by atoms with Crippen molar-refractivity contribution < 1.29 is 36.9 Å². The molecule has 1 N–H and O–H groups in total. The van der Waals surface area contributed by atoms with Crippen LogP contribution in [0.25, 0.3) is 0 Å². The number of thiophene rings is 1. The van der Waals surface area contributed by atoms with E-state index in [2.05, 4.69) is 26.7 Å². The molecule has 0 aromatic carbocycles. The summed E-state index contributed by atoms with van der Waals surface area (Å²) >= 11 is 1.72. The van der Waals surface area contributed by atoms with Gasteiger partial charge in [-0.1, -0.05) is 0 Å². The van der Waals surface area contributed by atoms with Crippen molar-refractivity contribution in [1.29, 1.82) is 0 Å². The number of rotatable bonds is 4. The molecule has 1 aliphatic heterocycles. The largest absolute Gasteiger partial charge is 0.490 e. The van der Waals surface area contributed by atoms with Gasteiger partial charge in [-0.05, 0) is 47.4 Å². The van der Waals surface area contributed by atoms with E-state index in [4.69, 9.17) is 19.4 Å². The Kier molecular flexibility index (Phi) is 7.27. The monoisotopic (exact) mass is 448 g/mol. The summed E-state index contributed by atoms with van der Waals surface area (Å²) in [5, 5.41) is 11.4. The first-order valence-electron chi connectivity index (χ1n) is 9.19. The first kappa shape index (κ1) is 22.4. The maximum absolute atomic E-state index is 13.8. The standard InChI is InChI=1S/C17H19FN2O2S.C2HF3O2/c18-13-2-1-6-19-17(13)22-15-4-3-14-16(15)21-8-7-20(14)10-12-5-9-23-11-12;3-2(4,5)1(6)7/h1-2,5-6,9,11,14-16H,3-4,7-8,10H2;(H,6,7)/t14-,15+,16+;/m0./s1. The number of fused-ring (bicyclic) bond motifs is 1. The lowest BCUT2D eigenvalue weighted by Gasteiger charge is -2.38. The van der Waals surface area contributed by atoms with Gasteiger partial charge in [-0.3, -0.25) is 4.90 Å². The zero-order valence-corrected chi connectivity index (χ0v) is 16.5. The predicted octanol–water partition coefficient (Wildman–Crippen LogP) is 3.73.